The number of halogens is 1. The predicted octanol–water partition coefficient (Wildman–Crippen LogP) is 3.45. The number of methoxy groups -OCH3 is 1. The van der Waals surface area contributed by atoms with Gasteiger partial charge in [0.25, 0.3) is 0 Å². The molecule has 0 fully saturated rings. The third-order valence-corrected chi connectivity index (χ3v) is 7.16. The Labute approximate surface area is 189 Å². The van der Waals surface area contributed by atoms with Gasteiger partial charge in [0.2, 0.25) is 15.9 Å². The van der Waals surface area contributed by atoms with E-state index in [0.717, 1.165) is 32.1 Å². The van der Waals surface area contributed by atoms with Gasteiger partial charge in [-0.25, -0.2) is 8.42 Å². The zero-order chi connectivity index (χ0) is 22.9. The molecule has 1 aromatic heterocycles. The van der Waals surface area contributed by atoms with Crippen molar-refractivity contribution in [2.75, 3.05) is 23.0 Å². The molecule has 166 valence electrons. The van der Waals surface area contributed by atoms with Gasteiger partial charge < -0.3 is 14.6 Å². The monoisotopic (exact) mass is 483 g/mol. The van der Waals surface area contributed by atoms with Gasteiger partial charge in [0.15, 0.2) is 0 Å². The second-order valence-electron chi connectivity index (χ2n) is 6.90. The summed E-state index contributed by atoms with van der Waals surface area (Å²) >= 11 is 7.16. The lowest BCUT2D eigenvalue weighted by Gasteiger charge is -2.31. The van der Waals surface area contributed by atoms with Gasteiger partial charge in [0, 0.05) is 17.8 Å². The molecule has 3 rings (SSSR count). The Bertz CT molecular complexity index is 1300. The molecule has 1 amide bonds. The van der Waals surface area contributed by atoms with Gasteiger partial charge in [-0.3, -0.25) is 13.9 Å². The van der Waals surface area contributed by atoms with Crippen LogP contribution in [0, 0.1) is 0 Å². The lowest BCUT2D eigenvalue weighted by molar-refractivity contribution is -0.117. The molecule has 3 aromatic rings. The van der Waals surface area contributed by atoms with Crippen LogP contribution in [0.1, 0.15) is 13.3 Å². The smallest absolute Gasteiger partial charge is 0.307 e. The van der Waals surface area contributed by atoms with Crippen LogP contribution in [-0.4, -0.2) is 38.3 Å². The van der Waals surface area contributed by atoms with E-state index in [1.165, 1.54) is 17.7 Å². The number of ether oxygens (including phenoxy) is 1. The maximum absolute atomic E-state index is 13.1. The van der Waals surface area contributed by atoms with Crippen LogP contribution >= 0.6 is 22.9 Å². The number of thiazole rings is 1. The lowest BCUT2D eigenvalue weighted by Crippen LogP contribution is -2.47. The molecule has 2 aromatic carbocycles. The number of nitrogens with one attached hydrogen (secondary N) is 1. The summed E-state index contributed by atoms with van der Waals surface area (Å²) < 4.78 is 34.0. The van der Waals surface area contributed by atoms with Crippen LogP contribution in [-0.2, 0) is 21.9 Å². The van der Waals surface area contributed by atoms with E-state index >= 15 is 0 Å². The molecule has 11 heteroatoms. The second kappa shape index (κ2) is 8.89. The molecule has 1 N–H and O–H groups in total. The van der Waals surface area contributed by atoms with E-state index in [9.17, 15) is 18.0 Å². The summed E-state index contributed by atoms with van der Waals surface area (Å²) in [6, 6.07) is 8.62. The molecule has 8 nitrogen and oxygen atoms in total. The van der Waals surface area contributed by atoms with E-state index < -0.39 is 22.0 Å². The first kappa shape index (κ1) is 23.1. The Balaban J connectivity index is 2.00. The molecule has 31 heavy (non-hydrogen) atoms. The van der Waals surface area contributed by atoms with Crippen LogP contribution in [0.25, 0.3) is 10.2 Å². The van der Waals surface area contributed by atoms with Crippen LogP contribution in [0.4, 0.5) is 11.4 Å². The second-order valence-corrected chi connectivity index (χ2v) is 10.2. The number of amides is 1. The van der Waals surface area contributed by atoms with E-state index in [4.69, 9.17) is 16.3 Å². The van der Waals surface area contributed by atoms with Crippen molar-refractivity contribution in [3.8, 4) is 5.75 Å². The van der Waals surface area contributed by atoms with E-state index in [-0.39, 0.29) is 22.7 Å². The minimum atomic E-state index is -3.86. The number of carbonyl (C=O) groups is 1. The number of aryl methyl sites for hydroxylation is 1. The molecule has 0 aliphatic rings. The highest BCUT2D eigenvalue weighted by molar-refractivity contribution is 7.92. The van der Waals surface area contributed by atoms with Gasteiger partial charge in [-0.1, -0.05) is 29.9 Å². The number of fused-ring (bicyclic) bond motifs is 1. The van der Waals surface area contributed by atoms with Crippen molar-refractivity contribution in [2.45, 2.75) is 19.4 Å². The van der Waals surface area contributed by atoms with Crippen molar-refractivity contribution in [1.29, 1.82) is 0 Å². The number of sulfonamides is 1. The number of hydrogen-bond acceptors (Lipinski definition) is 6. The van der Waals surface area contributed by atoms with Crippen LogP contribution in [0.3, 0.4) is 0 Å². The molecule has 0 spiro atoms. The van der Waals surface area contributed by atoms with Gasteiger partial charge >= 0.3 is 4.87 Å². The fourth-order valence-electron chi connectivity index (χ4n) is 3.31. The summed E-state index contributed by atoms with van der Waals surface area (Å²) in [6.45, 7) is 1.71. The third kappa shape index (κ3) is 4.70. The Kier molecular flexibility index (Phi) is 6.63. The van der Waals surface area contributed by atoms with Gasteiger partial charge in [0.1, 0.15) is 11.8 Å². The fraction of sp³-hybridized carbons (Fsp3) is 0.300. The molecule has 0 bridgehead atoms. The van der Waals surface area contributed by atoms with Crippen molar-refractivity contribution in [2.24, 2.45) is 7.05 Å². The van der Waals surface area contributed by atoms with Crippen LogP contribution < -0.4 is 19.2 Å². The summed E-state index contributed by atoms with van der Waals surface area (Å²) in [5.74, 6) is -0.242. The van der Waals surface area contributed by atoms with Crippen LogP contribution in [0.15, 0.2) is 41.2 Å². The van der Waals surface area contributed by atoms with Gasteiger partial charge in [-0.15, -0.1) is 0 Å². The number of aromatic nitrogens is 1. The van der Waals surface area contributed by atoms with Crippen molar-refractivity contribution < 1.29 is 17.9 Å². The number of nitrogens with zero attached hydrogens (tertiary/aromatic N) is 2. The highest BCUT2D eigenvalue weighted by Crippen LogP contribution is 2.35. The van der Waals surface area contributed by atoms with Gasteiger partial charge in [-0.05, 0) is 42.8 Å². The SMILES string of the molecule is CC[C@H](C(=O)Nc1ccc2c(c1)sc(=O)n2C)N(c1cc(Cl)ccc1OC)S(C)(=O)=O. The topological polar surface area (TPSA) is 97.7 Å². The predicted molar refractivity (Wildman–Crippen MR) is 125 cm³/mol. The van der Waals surface area contributed by atoms with Crippen molar-refractivity contribution >= 4 is 60.5 Å². The Morgan fingerprint density at radius 3 is 2.61 bits per heavy atom. The average molecular weight is 484 g/mol. The molecule has 1 heterocycles. The first-order chi connectivity index (χ1) is 14.6. The molecule has 1 atom stereocenters. The molecule has 0 aliphatic carbocycles. The number of anilines is 2. The molecule has 0 saturated carbocycles. The maximum Gasteiger partial charge on any atom is 0.307 e. The summed E-state index contributed by atoms with van der Waals surface area (Å²) in [5.41, 5.74) is 1.39. The molecule has 0 saturated heterocycles. The average Bonchev–Trinajstić information content (AvgIpc) is 2.98. The quantitative estimate of drug-likeness (QED) is 0.555. The first-order valence-corrected chi connectivity index (χ1v) is 12.3. The molecular weight excluding hydrogens is 462 g/mol. The van der Waals surface area contributed by atoms with Crippen molar-refractivity contribution in [3.05, 3.63) is 51.1 Å². The zero-order valence-electron chi connectivity index (χ0n) is 17.4. The summed E-state index contributed by atoms with van der Waals surface area (Å²) in [4.78, 5) is 24.9. The zero-order valence-corrected chi connectivity index (χ0v) is 19.8. The standard InChI is InChI=1S/C20H22ClN3O5S2/c1-5-14(24(31(4,27)28)16-10-12(21)6-9-17(16)29-3)19(25)22-13-7-8-15-18(11-13)30-20(26)23(15)2/h6-11,14H,5H2,1-4H3,(H,22,25)/t14-/m1/s1. The molecular formula is C20H22ClN3O5S2. The lowest BCUT2D eigenvalue weighted by atomic mass is 10.1. The Hall–Kier alpha value is -2.56. The van der Waals surface area contributed by atoms with Gasteiger partial charge in [-0.2, -0.15) is 0 Å². The minimum absolute atomic E-state index is 0.110. The highest BCUT2D eigenvalue weighted by atomic mass is 35.5. The van der Waals surface area contributed by atoms with Crippen molar-refractivity contribution in [3.63, 3.8) is 0 Å². The minimum Gasteiger partial charge on any atom is -0.495 e. The highest BCUT2D eigenvalue weighted by Gasteiger charge is 2.33. The normalized spacial score (nSPS) is 12.5. The van der Waals surface area contributed by atoms with E-state index in [2.05, 4.69) is 5.32 Å². The van der Waals surface area contributed by atoms with Crippen molar-refractivity contribution in [1.82, 2.24) is 4.57 Å². The molecule has 0 unspecified atom stereocenters. The number of benzene rings is 2. The Morgan fingerprint density at radius 2 is 2.00 bits per heavy atom. The van der Waals surface area contributed by atoms with Crippen LogP contribution in [0.5, 0.6) is 5.75 Å². The maximum atomic E-state index is 13.1. The van der Waals surface area contributed by atoms with Gasteiger partial charge in [0.05, 0.1) is 29.3 Å². The fourth-order valence-corrected chi connectivity index (χ4v) is 5.60. The number of rotatable bonds is 7. The number of carbonyl (C=O) groups excluding carboxylic acids is 1. The third-order valence-electron chi connectivity index (χ3n) is 4.77. The van der Waals surface area contributed by atoms with Crippen LogP contribution in [0.2, 0.25) is 5.02 Å². The van der Waals surface area contributed by atoms with E-state index in [0.29, 0.717) is 10.7 Å². The summed E-state index contributed by atoms with van der Waals surface area (Å²) in [6.07, 6.45) is 1.23. The molecule has 0 aliphatic heterocycles. The largest absolute Gasteiger partial charge is 0.495 e. The summed E-state index contributed by atoms with van der Waals surface area (Å²) in [7, 11) is -0.775. The number of hydrogen-bond donors (Lipinski definition) is 1. The Morgan fingerprint density at radius 1 is 1.29 bits per heavy atom. The van der Waals surface area contributed by atoms with E-state index in [1.54, 1.807) is 44.3 Å². The summed E-state index contributed by atoms with van der Waals surface area (Å²) in [5, 5.41) is 3.07. The molecule has 0 radical (unpaired) electrons. The first-order valence-electron chi connectivity index (χ1n) is 9.30. The van der Waals surface area contributed by atoms with E-state index in [1.807, 2.05) is 0 Å².